The molecule has 0 aliphatic carbocycles. The number of hydrogen-bond acceptors (Lipinski definition) is 4. The van der Waals surface area contributed by atoms with E-state index in [1.165, 1.54) is 36.4 Å². The fourth-order valence-corrected chi connectivity index (χ4v) is 3.47. The summed E-state index contributed by atoms with van der Waals surface area (Å²) in [6.45, 7) is -2.22. The lowest BCUT2D eigenvalue weighted by Crippen LogP contribution is -2.13. The van der Waals surface area contributed by atoms with Crippen LogP contribution in [-0.2, 0) is 13.0 Å². The maximum Gasteiger partial charge on any atom is 0.387 e. The largest absolute Gasteiger partial charge is 0.435 e. The molecule has 156 valence electrons. The minimum Gasteiger partial charge on any atom is -0.435 e. The molecule has 1 aliphatic heterocycles. The monoisotopic (exact) mass is 416 g/mol. The number of carbonyl (C=O) groups excluding carboxylic acids is 1. The molecule has 4 rings (SSSR count). The van der Waals surface area contributed by atoms with Crippen molar-refractivity contribution in [1.82, 2.24) is 14.8 Å². The van der Waals surface area contributed by atoms with Crippen LogP contribution in [0.15, 0.2) is 42.5 Å². The fraction of sp³-hybridized carbons (Fsp3) is 0.286. The Morgan fingerprint density at radius 1 is 1.10 bits per heavy atom. The van der Waals surface area contributed by atoms with E-state index in [0.717, 1.165) is 38.1 Å². The Hall–Kier alpha value is -3.36. The van der Waals surface area contributed by atoms with Gasteiger partial charge in [-0.15, -0.1) is 10.2 Å². The number of halogens is 3. The third-order valence-corrected chi connectivity index (χ3v) is 4.90. The molecule has 30 heavy (non-hydrogen) atoms. The van der Waals surface area contributed by atoms with Gasteiger partial charge in [0, 0.05) is 24.1 Å². The summed E-state index contributed by atoms with van der Waals surface area (Å²) < 4.78 is 45.5. The van der Waals surface area contributed by atoms with E-state index in [1.807, 2.05) is 4.57 Å². The van der Waals surface area contributed by atoms with Crippen molar-refractivity contribution in [2.24, 2.45) is 0 Å². The first-order valence-corrected chi connectivity index (χ1v) is 9.59. The van der Waals surface area contributed by atoms with Gasteiger partial charge in [0.1, 0.15) is 17.4 Å². The number of fused-ring (bicyclic) bond motifs is 1. The van der Waals surface area contributed by atoms with Gasteiger partial charge in [0.25, 0.3) is 5.91 Å². The summed E-state index contributed by atoms with van der Waals surface area (Å²) in [6.07, 6.45) is 4.02. The third-order valence-electron chi connectivity index (χ3n) is 4.90. The topological polar surface area (TPSA) is 69.0 Å². The van der Waals surface area contributed by atoms with E-state index < -0.39 is 18.3 Å². The van der Waals surface area contributed by atoms with Gasteiger partial charge >= 0.3 is 6.61 Å². The highest BCUT2D eigenvalue weighted by molar-refractivity contribution is 6.04. The Kier molecular flexibility index (Phi) is 5.69. The molecule has 0 spiro atoms. The molecule has 1 amide bonds. The highest BCUT2D eigenvalue weighted by atomic mass is 19.3. The Labute approximate surface area is 170 Å². The average molecular weight is 416 g/mol. The predicted octanol–water partition coefficient (Wildman–Crippen LogP) is 4.66. The molecule has 2 aromatic carbocycles. The van der Waals surface area contributed by atoms with Gasteiger partial charge in [-0.3, -0.25) is 4.79 Å². The van der Waals surface area contributed by atoms with Gasteiger partial charge in [0.05, 0.1) is 5.69 Å². The maximum absolute atomic E-state index is 14.4. The summed E-state index contributed by atoms with van der Waals surface area (Å²) in [5, 5.41) is 11.0. The Morgan fingerprint density at radius 2 is 1.97 bits per heavy atom. The number of benzene rings is 2. The molecule has 0 bridgehead atoms. The van der Waals surface area contributed by atoms with Crippen LogP contribution in [0.25, 0.3) is 11.4 Å². The number of aryl methyl sites for hydroxylation is 1. The van der Waals surface area contributed by atoms with Crippen molar-refractivity contribution in [1.29, 1.82) is 0 Å². The van der Waals surface area contributed by atoms with Crippen molar-refractivity contribution in [3.05, 3.63) is 59.7 Å². The second-order valence-corrected chi connectivity index (χ2v) is 6.96. The zero-order valence-corrected chi connectivity index (χ0v) is 15.9. The van der Waals surface area contributed by atoms with Crippen LogP contribution in [0, 0.1) is 5.82 Å². The first kappa shape index (κ1) is 19.9. The quantitative estimate of drug-likeness (QED) is 0.657. The number of nitrogens with zero attached hydrogens (tertiary/aromatic N) is 3. The second-order valence-electron chi connectivity index (χ2n) is 6.96. The molecule has 0 unspecified atom stereocenters. The summed E-state index contributed by atoms with van der Waals surface area (Å²) in [5.41, 5.74) is 0.653. The summed E-state index contributed by atoms with van der Waals surface area (Å²) >= 11 is 0. The molecule has 3 aromatic rings. The highest BCUT2D eigenvalue weighted by Gasteiger charge is 2.18. The number of alkyl halides is 2. The van der Waals surface area contributed by atoms with Crippen LogP contribution in [0.4, 0.5) is 18.9 Å². The molecule has 1 N–H and O–H groups in total. The van der Waals surface area contributed by atoms with E-state index in [1.54, 1.807) is 6.07 Å². The fourth-order valence-electron chi connectivity index (χ4n) is 3.47. The van der Waals surface area contributed by atoms with Gasteiger partial charge in [-0.05, 0) is 49.2 Å². The molecule has 0 radical (unpaired) electrons. The van der Waals surface area contributed by atoms with Crippen LogP contribution in [0.1, 0.15) is 35.4 Å². The lowest BCUT2D eigenvalue weighted by Gasteiger charge is -2.11. The molecule has 0 atom stereocenters. The van der Waals surface area contributed by atoms with Gasteiger partial charge in [0.15, 0.2) is 5.82 Å². The van der Waals surface area contributed by atoms with Crippen LogP contribution in [0.2, 0.25) is 0 Å². The third kappa shape index (κ3) is 4.29. The summed E-state index contributed by atoms with van der Waals surface area (Å²) in [5.74, 6) is 0.0922. The van der Waals surface area contributed by atoms with Crippen molar-refractivity contribution in [3.63, 3.8) is 0 Å². The van der Waals surface area contributed by atoms with E-state index in [9.17, 15) is 18.0 Å². The van der Waals surface area contributed by atoms with Crippen LogP contribution in [0.5, 0.6) is 5.75 Å². The van der Waals surface area contributed by atoms with Crippen molar-refractivity contribution in [2.75, 3.05) is 5.32 Å². The highest BCUT2D eigenvalue weighted by Crippen LogP contribution is 2.27. The van der Waals surface area contributed by atoms with E-state index in [2.05, 4.69) is 20.3 Å². The van der Waals surface area contributed by atoms with Crippen molar-refractivity contribution < 1.29 is 22.7 Å². The number of ether oxygens (including phenoxy) is 1. The number of carbonyl (C=O) groups is 1. The number of nitrogens with one attached hydrogen (secondary N) is 1. The molecule has 0 fully saturated rings. The van der Waals surface area contributed by atoms with Crippen molar-refractivity contribution >= 4 is 11.6 Å². The standard InChI is InChI=1S/C21H19F3N4O2/c22-16-9-8-13(19-27-26-18-7-2-1-3-10-28(18)19)12-17(16)25-20(29)14-5-4-6-15(11-14)30-21(23)24/h4-6,8-9,11-12,21H,1-3,7,10H2,(H,25,29). The van der Waals surface area contributed by atoms with E-state index >= 15 is 0 Å². The number of amides is 1. The molecular formula is C21H19F3N4O2. The van der Waals surface area contributed by atoms with Crippen molar-refractivity contribution in [3.8, 4) is 17.1 Å². The number of aromatic nitrogens is 3. The molecule has 1 aromatic heterocycles. The zero-order chi connectivity index (χ0) is 21.1. The molecule has 0 saturated heterocycles. The number of rotatable bonds is 5. The molecular weight excluding hydrogens is 397 g/mol. The predicted molar refractivity (Wildman–Crippen MR) is 104 cm³/mol. The Bertz CT molecular complexity index is 1070. The van der Waals surface area contributed by atoms with Crippen LogP contribution < -0.4 is 10.1 Å². The summed E-state index contributed by atoms with van der Waals surface area (Å²) in [4.78, 5) is 12.5. The van der Waals surface area contributed by atoms with E-state index in [4.69, 9.17) is 0 Å². The summed E-state index contributed by atoms with van der Waals surface area (Å²) in [7, 11) is 0. The van der Waals surface area contributed by atoms with Gasteiger partial charge < -0.3 is 14.6 Å². The molecule has 2 heterocycles. The Morgan fingerprint density at radius 3 is 2.80 bits per heavy atom. The molecule has 9 heteroatoms. The summed E-state index contributed by atoms with van der Waals surface area (Å²) in [6, 6.07) is 9.64. The van der Waals surface area contributed by atoms with E-state index in [0.29, 0.717) is 11.4 Å². The smallest absolute Gasteiger partial charge is 0.387 e. The Balaban J connectivity index is 1.59. The minimum absolute atomic E-state index is 0.0383. The zero-order valence-electron chi connectivity index (χ0n) is 15.9. The van der Waals surface area contributed by atoms with Crippen LogP contribution >= 0.6 is 0 Å². The second kappa shape index (κ2) is 8.56. The van der Waals surface area contributed by atoms with Gasteiger partial charge in [0.2, 0.25) is 0 Å². The number of anilines is 1. The van der Waals surface area contributed by atoms with Gasteiger partial charge in [-0.25, -0.2) is 4.39 Å². The van der Waals surface area contributed by atoms with Crippen LogP contribution in [0.3, 0.4) is 0 Å². The molecule has 6 nitrogen and oxygen atoms in total. The minimum atomic E-state index is -3.00. The maximum atomic E-state index is 14.4. The lowest BCUT2D eigenvalue weighted by atomic mass is 10.1. The van der Waals surface area contributed by atoms with Crippen LogP contribution in [-0.4, -0.2) is 27.3 Å². The first-order valence-electron chi connectivity index (χ1n) is 9.59. The lowest BCUT2D eigenvalue weighted by molar-refractivity contribution is -0.0498. The molecule has 0 saturated carbocycles. The average Bonchev–Trinajstić information content (AvgIpc) is 2.97. The molecule has 1 aliphatic rings. The van der Waals surface area contributed by atoms with Crippen molar-refractivity contribution in [2.45, 2.75) is 38.8 Å². The van der Waals surface area contributed by atoms with E-state index in [-0.39, 0.29) is 17.0 Å². The SMILES string of the molecule is O=C(Nc1cc(-c2nnc3n2CCCCC3)ccc1F)c1cccc(OC(F)F)c1. The van der Waals surface area contributed by atoms with Gasteiger partial charge in [-0.1, -0.05) is 12.5 Å². The first-order chi connectivity index (χ1) is 14.5. The normalized spacial score (nSPS) is 13.6. The van der Waals surface area contributed by atoms with Gasteiger partial charge in [-0.2, -0.15) is 8.78 Å². The number of hydrogen-bond donors (Lipinski definition) is 1.